The summed E-state index contributed by atoms with van der Waals surface area (Å²) in [4.78, 5) is 21.1. The largest absolute Gasteiger partial charge is 0.481 e. The Labute approximate surface area is 150 Å². The van der Waals surface area contributed by atoms with Crippen molar-refractivity contribution in [3.8, 4) is 5.88 Å². The van der Waals surface area contributed by atoms with E-state index in [-0.39, 0.29) is 6.03 Å². The Morgan fingerprint density at radius 1 is 1.20 bits per heavy atom. The normalized spacial score (nSPS) is 19.6. The first-order valence-electron chi connectivity index (χ1n) is 9.49. The van der Waals surface area contributed by atoms with Gasteiger partial charge in [0.1, 0.15) is 0 Å². The number of methoxy groups -OCH3 is 1. The number of nitrogens with zero attached hydrogens (tertiary/aromatic N) is 3. The average Bonchev–Trinajstić information content (AvgIpc) is 2.67. The highest BCUT2D eigenvalue weighted by Gasteiger charge is 2.23. The summed E-state index contributed by atoms with van der Waals surface area (Å²) in [6, 6.07) is 5.58. The number of pyridine rings is 1. The molecule has 0 unspecified atom stereocenters. The van der Waals surface area contributed by atoms with Crippen molar-refractivity contribution < 1.29 is 9.53 Å². The van der Waals surface area contributed by atoms with E-state index in [9.17, 15) is 4.79 Å². The third kappa shape index (κ3) is 5.33. The molecule has 1 N–H and O–H groups in total. The summed E-state index contributed by atoms with van der Waals surface area (Å²) in [6.45, 7) is 5.23. The van der Waals surface area contributed by atoms with Gasteiger partial charge in [-0.3, -0.25) is 4.90 Å². The van der Waals surface area contributed by atoms with Crippen molar-refractivity contribution in [2.45, 2.75) is 38.6 Å². The molecule has 25 heavy (non-hydrogen) atoms. The van der Waals surface area contributed by atoms with Crippen LogP contribution in [0, 0.1) is 5.92 Å². The van der Waals surface area contributed by atoms with E-state index in [2.05, 4.69) is 15.2 Å². The van der Waals surface area contributed by atoms with E-state index in [1.165, 1.54) is 38.6 Å². The Morgan fingerprint density at radius 3 is 2.68 bits per heavy atom. The van der Waals surface area contributed by atoms with E-state index in [0.29, 0.717) is 12.4 Å². The number of hydrogen-bond donors (Lipinski definition) is 1. The van der Waals surface area contributed by atoms with Crippen LogP contribution in [-0.2, 0) is 6.54 Å². The molecule has 0 radical (unpaired) electrons. The van der Waals surface area contributed by atoms with E-state index in [1.807, 2.05) is 17.0 Å². The van der Waals surface area contributed by atoms with E-state index in [4.69, 9.17) is 4.74 Å². The fourth-order valence-corrected chi connectivity index (χ4v) is 3.82. The number of ether oxygens (including phenoxy) is 1. The maximum atomic E-state index is 12.4. The van der Waals surface area contributed by atoms with Crippen LogP contribution in [0.1, 0.15) is 37.8 Å². The fraction of sp³-hybridized carbons (Fsp3) is 0.684. The zero-order chi connectivity index (χ0) is 17.5. The summed E-state index contributed by atoms with van der Waals surface area (Å²) in [7, 11) is 1.59. The van der Waals surface area contributed by atoms with Gasteiger partial charge >= 0.3 is 6.03 Å². The van der Waals surface area contributed by atoms with Gasteiger partial charge in [0.2, 0.25) is 5.88 Å². The smallest absolute Gasteiger partial charge is 0.317 e. The number of rotatable bonds is 5. The lowest BCUT2D eigenvalue weighted by molar-refractivity contribution is 0.119. The molecule has 6 heteroatoms. The highest BCUT2D eigenvalue weighted by molar-refractivity contribution is 5.74. The van der Waals surface area contributed by atoms with Gasteiger partial charge in [-0.05, 0) is 24.8 Å². The lowest BCUT2D eigenvalue weighted by atomic mass is 9.89. The van der Waals surface area contributed by atoms with Crippen LogP contribution in [0.25, 0.3) is 0 Å². The molecule has 6 nitrogen and oxygen atoms in total. The van der Waals surface area contributed by atoms with Gasteiger partial charge in [-0.1, -0.05) is 25.3 Å². The van der Waals surface area contributed by atoms with E-state index in [1.54, 1.807) is 13.2 Å². The summed E-state index contributed by atoms with van der Waals surface area (Å²) in [6.07, 6.45) is 6.96. The molecule has 0 spiro atoms. The lowest BCUT2D eigenvalue weighted by Crippen LogP contribution is -2.52. The van der Waals surface area contributed by atoms with Gasteiger partial charge in [0.05, 0.1) is 19.3 Å². The van der Waals surface area contributed by atoms with Crippen molar-refractivity contribution in [1.29, 1.82) is 0 Å². The third-order valence-electron chi connectivity index (χ3n) is 5.31. The van der Waals surface area contributed by atoms with Gasteiger partial charge in [0.25, 0.3) is 0 Å². The second-order valence-electron chi connectivity index (χ2n) is 7.12. The molecular weight excluding hydrogens is 316 g/mol. The molecule has 3 rings (SSSR count). The number of aromatic nitrogens is 1. The van der Waals surface area contributed by atoms with Crippen molar-refractivity contribution in [1.82, 2.24) is 20.1 Å². The van der Waals surface area contributed by atoms with Gasteiger partial charge in [0.15, 0.2) is 0 Å². The van der Waals surface area contributed by atoms with Crippen LogP contribution in [0.5, 0.6) is 5.88 Å². The molecule has 1 aliphatic carbocycles. The Bertz CT molecular complexity index is 552. The number of amides is 2. The summed E-state index contributed by atoms with van der Waals surface area (Å²) < 4.78 is 5.11. The molecular formula is C19H30N4O2. The number of nitrogens with one attached hydrogen (secondary N) is 1. The van der Waals surface area contributed by atoms with E-state index < -0.39 is 0 Å². The fourth-order valence-electron chi connectivity index (χ4n) is 3.82. The number of carbonyl (C=O) groups excluding carboxylic acids is 1. The van der Waals surface area contributed by atoms with E-state index in [0.717, 1.165) is 37.8 Å². The highest BCUT2D eigenvalue weighted by atomic mass is 16.5. The van der Waals surface area contributed by atoms with Crippen LogP contribution < -0.4 is 10.1 Å². The summed E-state index contributed by atoms with van der Waals surface area (Å²) in [5, 5.41) is 2.97. The van der Waals surface area contributed by atoms with Crippen molar-refractivity contribution in [3.63, 3.8) is 0 Å². The Hall–Kier alpha value is -1.82. The minimum atomic E-state index is 0.00179. The molecule has 1 saturated carbocycles. The maximum Gasteiger partial charge on any atom is 0.317 e. The van der Waals surface area contributed by atoms with Crippen LogP contribution in [0.15, 0.2) is 18.2 Å². The zero-order valence-corrected chi connectivity index (χ0v) is 15.2. The molecule has 2 amide bonds. The van der Waals surface area contributed by atoms with Crippen LogP contribution >= 0.6 is 0 Å². The van der Waals surface area contributed by atoms with Crippen LogP contribution in [0.3, 0.4) is 0 Å². The van der Waals surface area contributed by atoms with Gasteiger partial charge in [0, 0.05) is 38.8 Å². The molecule has 2 aliphatic rings. The molecule has 138 valence electrons. The predicted molar refractivity (Wildman–Crippen MR) is 97.6 cm³/mol. The third-order valence-corrected chi connectivity index (χ3v) is 5.31. The molecule has 2 fully saturated rings. The van der Waals surface area contributed by atoms with Gasteiger partial charge in [-0.2, -0.15) is 0 Å². The van der Waals surface area contributed by atoms with Crippen molar-refractivity contribution in [3.05, 3.63) is 23.9 Å². The van der Waals surface area contributed by atoms with Crippen molar-refractivity contribution >= 4 is 6.03 Å². The van der Waals surface area contributed by atoms with E-state index >= 15 is 0 Å². The predicted octanol–water partition coefficient (Wildman–Crippen LogP) is 2.50. The molecule has 1 aliphatic heterocycles. The molecule has 2 heterocycles. The van der Waals surface area contributed by atoms with Crippen LogP contribution in [-0.4, -0.2) is 60.6 Å². The number of hydrogen-bond acceptors (Lipinski definition) is 4. The molecule has 0 atom stereocenters. The maximum absolute atomic E-state index is 12.4. The highest BCUT2D eigenvalue weighted by Crippen LogP contribution is 2.24. The minimum Gasteiger partial charge on any atom is -0.481 e. The summed E-state index contributed by atoms with van der Waals surface area (Å²) in [5.74, 6) is 1.44. The second kappa shape index (κ2) is 9.04. The molecule has 0 aromatic carbocycles. The first-order chi connectivity index (χ1) is 12.2. The first kappa shape index (κ1) is 18.0. The average molecular weight is 346 g/mol. The van der Waals surface area contributed by atoms with Crippen LogP contribution in [0.2, 0.25) is 0 Å². The first-order valence-corrected chi connectivity index (χ1v) is 9.49. The zero-order valence-electron chi connectivity index (χ0n) is 15.2. The van der Waals surface area contributed by atoms with Crippen LogP contribution in [0.4, 0.5) is 4.79 Å². The Kier molecular flexibility index (Phi) is 6.50. The molecule has 0 bridgehead atoms. The topological polar surface area (TPSA) is 57.7 Å². The van der Waals surface area contributed by atoms with Gasteiger partial charge < -0.3 is 15.0 Å². The molecule has 1 aromatic rings. The monoisotopic (exact) mass is 346 g/mol. The second-order valence-corrected chi connectivity index (χ2v) is 7.12. The van der Waals surface area contributed by atoms with Gasteiger partial charge in [-0.15, -0.1) is 0 Å². The quantitative estimate of drug-likeness (QED) is 0.890. The van der Waals surface area contributed by atoms with Crippen molar-refractivity contribution in [2.75, 3.05) is 39.8 Å². The summed E-state index contributed by atoms with van der Waals surface area (Å²) in [5.41, 5.74) is 0.809. The lowest BCUT2D eigenvalue weighted by Gasteiger charge is -2.37. The SMILES string of the molecule is COc1cccc(CNC(=O)N2CCN(CC3CCCCC3)CC2)n1. The number of piperazine rings is 1. The molecule has 1 aromatic heterocycles. The van der Waals surface area contributed by atoms with Gasteiger partial charge in [-0.25, -0.2) is 9.78 Å². The minimum absolute atomic E-state index is 0.00179. The standard InChI is InChI=1S/C19H30N4O2/c1-25-18-9-5-8-17(21-18)14-20-19(24)23-12-10-22(11-13-23)15-16-6-3-2-4-7-16/h5,8-9,16H,2-4,6-7,10-15H2,1H3,(H,20,24). The number of urea groups is 1. The summed E-state index contributed by atoms with van der Waals surface area (Å²) >= 11 is 0. The Morgan fingerprint density at radius 2 is 1.96 bits per heavy atom. The molecule has 1 saturated heterocycles. The Balaban J connectivity index is 1.39. The number of carbonyl (C=O) groups is 1. The van der Waals surface area contributed by atoms with Crippen molar-refractivity contribution in [2.24, 2.45) is 5.92 Å².